The minimum Gasteiger partial charge on any atom is -0.316 e. The van der Waals surface area contributed by atoms with Gasteiger partial charge in [-0.3, -0.25) is 0 Å². The van der Waals surface area contributed by atoms with Gasteiger partial charge in [0.25, 0.3) is 0 Å². The van der Waals surface area contributed by atoms with Gasteiger partial charge in [-0.2, -0.15) is 0 Å². The van der Waals surface area contributed by atoms with Crippen molar-refractivity contribution in [2.75, 3.05) is 13.1 Å². The second kappa shape index (κ2) is 5.62. The summed E-state index contributed by atoms with van der Waals surface area (Å²) in [5, 5.41) is 0.631. The summed E-state index contributed by atoms with van der Waals surface area (Å²) in [7, 11) is 0. The molecule has 0 spiro atoms. The monoisotopic (exact) mass is 269 g/mol. The molecule has 0 bridgehead atoms. The van der Waals surface area contributed by atoms with E-state index in [0.29, 0.717) is 23.3 Å². The third-order valence-electron chi connectivity index (χ3n) is 3.97. The lowest BCUT2D eigenvalue weighted by molar-refractivity contribution is 0.169. The first kappa shape index (κ1) is 13.9. The van der Waals surface area contributed by atoms with Crippen LogP contribution in [0.3, 0.4) is 0 Å². The van der Waals surface area contributed by atoms with Crippen molar-refractivity contribution in [2.24, 2.45) is 0 Å². The Hall–Kier alpha value is -0.540. The largest absolute Gasteiger partial charge is 0.316 e. The normalized spacial score (nSPS) is 19.1. The van der Waals surface area contributed by atoms with Crippen LogP contribution in [0.5, 0.6) is 0 Å². The molecule has 0 radical (unpaired) electrons. The third-order valence-corrected chi connectivity index (χ3v) is 4.25. The van der Waals surface area contributed by atoms with E-state index >= 15 is 0 Å². The van der Waals surface area contributed by atoms with Crippen LogP contribution in [-0.2, 0) is 0 Å². The van der Waals surface area contributed by atoms with E-state index in [1.54, 1.807) is 0 Å². The summed E-state index contributed by atoms with van der Waals surface area (Å²) < 4.78 is 2.18. The summed E-state index contributed by atoms with van der Waals surface area (Å²) in [4.78, 5) is 6.83. The van der Waals surface area contributed by atoms with Crippen LogP contribution in [0.1, 0.15) is 58.2 Å². The van der Waals surface area contributed by atoms with Crippen LogP contribution in [-0.4, -0.2) is 33.6 Å². The summed E-state index contributed by atoms with van der Waals surface area (Å²) in [6.07, 6.45) is 4.40. The zero-order valence-electron chi connectivity index (χ0n) is 11.9. The van der Waals surface area contributed by atoms with Gasteiger partial charge in [-0.25, -0.2) is 4.98 Å². The van der Waals surface area contributed by atoms with Gasteiger partial charge >= 0.3 is 0 Å². The molecular formula is C14H24ClN3. The lowest BCUT2D eigenvalue weighted by Crippen LogP contribution is -2.38. The van der Waals surface area contributed by atoms with Crippen LogP contribution in [0.15, 0.2) is 6.20 Å². The van der Waals surface area contributed by atoms with E-state index in [1.165, 1.54) is 31.6 Å². The SMILES string of the molecule is CC(C)N1CCC(c2cnc(Cl)n2C(C)C)CC1. The number of imidazole rings is 1. The van der Waals surface area contributed by atoms with Crippen LogP contribution in [0.4, 0.5) is 0 Å². The first-order chi connectivity index (χ1) is 8.50. The van der Waals surface area contributed by atoms with Crippen molar-refractivity contribution in [1.82, 2.24) is 14.5 Å². The van der Waals surface area contributed by atoms with Gasteiger partial charge in [0.1, 0.15) is 0 Å². The van der Waals surface area contributed by atoms with Crippen LogP contribution in [0, 0.1) is 0 Å². The Morgan fingerprint density at radius 2 is 1.78 bits per heavy atom. The lowest BCUT2D eigenvalue weighted by atomic mass is 9.93. The van der Waals surface area contributed by atoms with Gasteiger partial charge in [0.2, 0.25) is 5.28 Å². The van der Waals surface area contributed by atoms with Gasteiger partial charge < -0.3 is 9.47 Å². The molecule has 0 aromatic carbocycles. The number of aromatic nitrogens is 2. The highest BCUT2D eigenvalue weighted by atomic mass is 35.5. The summed E-state index contributed by atoms with van der Waals surface area (Å²) in [5.74, 6) is 0.613. The molecule has 1 aromatic rings. The summed E-state index contributed by atoms with van der Waals surface area (Å²) in [6.45, 7) is 11.2. The van der Waals surface area contributed by atoms with Crippen LogP contribution in [0.25, 0.3) is 0 Å². The summed E-state index contributed by atoms with van der Waals surface area (Å²) in [5.41, 5.74) is 1.32. The van der Waals surface area contributed by atoms with Crippen molar-refractivity contribution >= 4 is 11.6 Å². The van der Waals surface area contributed by atoms with Gasteiger partial charge in [-0.1, -0.05) is 0 Å². The minimum atomic E-state index is 0.387. The Morgan fingerprint density at radius 3 is 2.28 bits per heavy atom. The number of likely N-dealkylation sites (tertiary alicyclic amines) is 1. The fraction of sp³-hybridized carbons (Fsp3) is 0.786. The van der Waals surface area contributed by atoms with Gasteiger partial charge in [-0.05, 0) is 65.2 Å². The van der Waals surface area contributed by atoms with Crippen molar-refractivity contribution in [3.8, 4) is 0 Å². The smallest absolute Gasteiger partial charge is 0.203 e. The molecule has 2 heterocycles. The number of hydrogen-bond donors (Lipinski definition) is 0. The first-order valence-electron chi connectivity index (χ1n) is 6.97. The predicted molar refractivity (Wildman–Crippen MR) is 76.3 cm³/mol. The number of hydrogen-bond acceptors (Lipinski definition) is 2. The van der Waals surface area contributed by atoms with Crippen molar-refractivity contribution in [2.45, 2.75) is 58.5 Å². The second-order valence-corrected chi connectivity index (χ2v) is 6.16. The topological polar surface area (TPSA) is 21.1 Å². The highest BCUT2D eigenvalue weighted by Crippen LogP contribution is 2.32. The molecule has 0 saturated carbocycles. The van der Waals surface area contributed by atoms with E-state index in [9.17, 15) is 0 Å². The molecule has 0 atom stereocenters. The van der Waals surface area contributed by atoms with E-state index in [4.69, 9.17) is 11.6 Å². The van der Waals surface area contributed by atoms with E-state index in [2.05, 4.69) is 42.1 Å². The van der Waals surface area contributed by atoms with E-state index in [0.717, 1.165) is 0 Å². The molecule has 1 saturated heterocycles. The van der Waals surface area contributed by atoms with Gasteiger partial charge in [0.15, 0.2) is 0 Å². The summed E-state index contributed by atoms with van der Waals surface area (Å²) in [6, 6.07) is 1.04. The van der Waals surface area contributed by atoms with Gasteiger partial charge in [0, 0.05) is 23.7 Å². The Balaban J connectivity index is 2.10. The molecule has 0 aliphatic carbocycles. The first-order valence-corrected chi connectivity index (χ1v) is 7.35. The molecule has 0 unspecified atom stereocenters. The average molecular weight is 270 g/mol. The molecule has 1 aromatic heterocycles. The maximum atomic E-state index is 6.18. The number of rotatable bonds is 3. The van der Waals surface area contributed by atoms with Crippen LogP contribution >= 0.6 is 11.6 Å². The number of piperidine rings is 1. The molecule has 0 N–H and O–H groups in total. The van der Waals surface area contributed by atoms with Crippen molar-refractivity contribution in [3.63, 3.8) is 0 Å². The van der Waals surface area contributed by atoms with E-state index in [-0.39, 0.29) is 0 Å². The molecule has 4 heteroatoms. The predicted octanol–water partition coefficient (Wildman–Crippen LogP) is 3.71. The van der Waals surface area contributed by atoms with Crippen molar-refractivity contribution in [1.29, 1.82) is 0 Å². The van der Waals surface area contributed by atoms with E-state index < -0.39 is 0 Å². The second-order valence-electron chi connectivity index (χ2n) is 5.82. The minimum absolute atomic E-state index is 0.387. The summed E-state index contributed by atoms with van der Waals surface area (Å²) >= 11 is 6.18. The van der Waals surface area contributed by atoms with Crippen molar-refractivity contribution in [3.05, 3.63) is 17.2 Å². The molecule has 2 rings (SSSR count). The Labute approximate surface area is 115 Å². The maximum Gasteiger partial charge on any atom is 0.203 e. The third kappa shape index (κ3) is 2.72. The fourth-order valence-corrected chi connectivity index (χ4v) is 3.22. The molecule has 1 aliphatic heterocycles. The Bertz CT molecular complexity index is 390. The molecule has 18 heavy (non-hydrogen) atoms. The molecular weight excluding hydrogens is 246 g/mol. The lowest BCUT2D eigenvalue weighted by Gasteiger charge is -2.35. The molecule has 3 nitrogen and oxygen atoms in total. The van der Waals surface area contributed by atoms with Crippen LogP contribution < -0.4 is 0 Å². The van der Waals surface area contributed by atoms with E-state index in [1.807, 2.05) is 6.20 Å². The zero-order chi connectivity index (χ0) is 13.3. The fourth-order valence-electron chi connectivity index (χ4n) is 2.88. The highest BCUT2D eigenvalue weighted by Gasteiger charge is 2.25. The molecule has 0 amide bonds. The van der Waals surface area contributed by atoms with Crippen LogP contribution in [0.2, 0.25) is 5.28 Å². The Morgan fingerprint density at radius 1 is 1.17 bits per heavy atom. The number of halogens is 1. The molecule has 102 valence electrons. The quantitative estimate of drug-likeness (QED) is 0.834. The highest BCUT2D eigenvalue weighted by molar-refractivity contribution is 6.28. The molecule has 1 aliphatic rings. The maximum absolute atomic E-state index is 6.18. The van der Waals surface area contributed by atoms with Gasteiger partial charge in [0.05, 0.1) is 6.20 Å². The number of nitrogens with zero attached hydrogens (tertiary/aromatic N) is 3. The van der Waals surface area contributed by atoms with Gasteiger partial charge in [-0.15, -0.1) is 0 Å². The average Bonchev–Trinajstić information content (AvgIpc) is 2.71. The zero-order valence-corrected chi connectivity index (χ0v) is 12.6. The van der Waals surface area contributed by atoms with Crippen molar-refractivity contribution < 1.29 is 0 Å². The Kier molecular flexibility index (Phi) is 4.33. The standard InChI is InChI=1S/C14H24ClN3/c1-10(2)17-7-5-12(6-8-17)13-9-16-14(15)18(13)11(3)4/h9-12H,5-8H2,1-4H3. The molecule has 1 fully saturated rings.